The number of hydrogen-bond donors (Lipinski definition) is 1. The molecule has 0 aliphatic rings. The Kier molecular flexibility index (Phi) is 6.58. The summed E-state index contributed by atoms with van der Waals surface area (Å²) in [7, 11) is 3.97. The lowest BCUT2D eigenvalue weighted by molar-refractivity contribution is -0.384. The Labute approximate surface area is 126 Å². The highest BCUT2D eigenvalue weighted by Crippen LogP contribution is 2.30. The van der Waals surface area contributed by atoms with Gasteiger partial charge in [-0.1, -0.05) is 19.9 Å². The van der Waals surface area contributed by atoms with E-state index in [2.05, 4.69) is 18.7 Å². The van der Waals surface area contributed by atoms with Gasteiger partial charge < -0.3 is 14.9 Å². The summed E-state index contributed by atoms with van der Waals surface area (Å²) in [4.78, 5) is 15.0. The molecule has 1 aromatic carbocycles. The van der Waals surface area contributed by atoms with Crippen LogP contribution in [0.2, 0.25) is 0 Å². The summed E-state index contributed by atoms with van der Waals surface area (Å²) in [6.07, 6.45) is 0. The predicted octanol–water partition coefficient (Wildman–Crippen LogP) is 2.11. The molecule has 1 N–H and O–H groups in total. The third kappa shape index (κ3) is 5.32. The summed E-state index contributed by atoms with van der Waals surface area (Å²) in [5, 5.41) is 20.5. The summed E-state index contributed by atoms with van der Waals surface area (Å²) in [5.41, 5.74) is 1.23. The fourth-order valence-electron chi connectivity index (χ4n) is 2.15. The highest BCUT2D eigenvalue weighted by Gasteiger charge is 2.20. The molecule has 0 atom stereocenters. The van der Waals surface area contributed by atoms with E-state index in [0.29, 0.717) is 17.2 Å². The lowest BCUT2D eigenvalue weighted by Crippen LogP contribution is -2.34. The van der Waals surface area contributed by atoms with Crippen molar-refractivity contribution in [3.63, 3.8) is 0 Å². The minimum absolute atomic E-state index is 0.0564. The van der Waals surface area contributed by atoms with E-state index in [0.717, 1.165) is 19.6 Å². The third-order valence-corrected chi connectivity index (χ3v) is 3.16. The van der Waals surface area contributed by atoms with Gasteiger partial charge in [0.1, 0.15) is 5.69 Å². The zero-order valence-corrected chi connectivity index (χ0v) is 13.2. The summed E-state index contributed by atoms with van der Waals surface area (Å²) >= 11 is 0. The van der Waals surface area contributed by atoms with Crippen molar-refractivity contribution in [2.24, 2.45) is 5.92 Å². The smallest absolute Gasteiger partial charge is 0.292 e. The molecule has 0 amide bonds. The summed E-state index contributed by atoms with van der Waals surface area (Å²) in [6, 6.07) is 4.94. The van der Waals surface area contributed by atoms with Crippen molar-refractivity contribution in [1.82, 2.24) is 4.90 Å². The number of rotatable bonds is 8. The van der Waals surface area contributed by atoms with E-state index in [4.69, 9.17) is 5.11 Å². The highest BCUT2D eigenvalue weighted by molar-refractivity contribution is 5.64. The second kappa shape index (κ2) is 7.95. The van der Waals surface area contributed by atoms with Crippen molar-refractivity contribution in [3.8, 4) is 0 Å². The van der Waals surface area contributed by atoms with Crippen molar-refractivity contribution >= 4 is 11.4 Å². The maximum absolute atomic E-state index is 11.3. The van der Waals surface area contributed by atoms with Crippen LogP contribution in [-0.2, 0) is 6.61 Å². The van der Waals surface area contributed by atoms with Crippen LogP contribution in [0.25, 0.3) is 0 Å². The molecule has 1 rings (SSSR count). The number of benzene rings is 1. The first kappa shape index (κ1) is 17.4. The molecule has 0 unspecified atom stereocenters. The zero-order valence-electron chi connectivity index (χ0n) is 13.2. The zero-order chi connectivity index (χ0) is 16.0. The molecule has 0 spiro atoms. The molecule has 118 valence electrons. The minimum atomic E-state index is -0.377. The van der Waals surface area contributed by atoms with E-state index in [9.17, 15) is 10.1 Å². The summed E-state index contributed by atoms with van der Waals surface area (Å²) < 4.78 is 0. The Hall–Kier alpha value is -1.66. The molecule has 21 heavy (non-hydrogen) atoms. The number of nitro benzene ring substituents is 1. The van der Waals surface area contributed by atoms with Crippen LogP contribution in [0.15, 0.2) is 18.2 Å². The van der Waals surface area contributed by atoms with Crippen LogP contribution in [0.4, 0.5) is 11.4 Å². The molecule has 6 nitrogen and oxygen atoms in total. The van der Waals surface area contributed by atoms with Crippen LogP contribution in [0, 0.1) is 16.0 Å². The Morgan fingerprint density at radius 3 is 2.43 bits per heavy atom. The van der Waals surface area contributed by atoms with E-state index < -0.39 is 0 Å². The van der Waals surface area contributed by atoms with Gasteiger partial charge in [0.2, 0.25) is 0 Å². The van der Waals surface area contributed by atoms with Crippen LogP contribution in [0.1, 0.15) is 19.4 Å². The lowest BCUT2D eigenvalue weighted by atomic mass is 10.1. The number of hydrogen-bond acceptors (Lipinski definition) is 5. The quantitative estimate of drug-likeness (QED) is 0.587. The van der Waals surface area contributed by atoms with Gasteiger partial charge in [-0.05, 0) is 31.6 Å². The van der Waals surface area contributed by atoms with Crippen LogP contribution in [-0.4, -0.2) is 48.7 Å². The summed E-state index contributed by atoms with van der Waals surface area (Å²) in [6.45, 7) is 6.30. The number of aliphatic hydroxyl groups excluding tert-OH is 1. The van der Waals surface area contributed by atoms with Crippen LogP contribution in [0.5, 0.6) is 0 Å². The van der Waals surface area contributed by atoms with Gasteiger partial charge in [-0.3, -0.25) is 10.1 Å². The first-order valence-corrected chi connectivity index (χ1v) is 7.13. The van der Waals surface area contributed by atoms with Crippen molar-refractivity contribution in [2.45, 2.75) is 20.5 Å². The molecule has 1 aromatic rings. The molecule has 0 radical (unpaired) electrons. The van der Waals surface area contributed by atoms with Crippen molar-refractivity contribution in [1.29, 1.82) is 0 Å². The van der Waals surface area contributed by atoms with Crippen molar-refractivity contribution < 1.29 is 10.0 Å². The fourth-order valence-corrected chi connectivity index (χ4v) is 2.15. The number of nitro groups is 1. The largest absolute Gasteiger partial charge is 0.392 e. The third-order valence-electron chi connectivity index (χ3n) is 3.16. The monoisotopic (exact) mass is 295 g/mol. The topological polar surface area (TPSA) is 69.8 Å². The number of likely N-dealkylation sites (N-methyl/N-ethyl adjacent to an activating group) is 1. The van der Waals surface area contributed by atoms with Gasteiger partial charge >= 0.3 is 0 Å². The van der Waals surface area contributed by atoms with Gasteiger partial charge in [-0.15, -0.1) is 0 Å². The molecule has 6 heteroatoms. The average molecular weight is 295 g/mol. The molecular weight excluding hydrogens is 270 g/mol. The molecular formula is C15H25N3O3. The highest BCUT2D eigenvalue weighted by atomic mass is 16.6. The van der Waals surface area contributed by atoms with Gasteiger partial charge in [-0.2, -0.15) is 0 Å². The Morgan fingerprint density at radius 1 is 1.29 bits per heavy atom. The lowest BCUT2D eigenvalue weighted by Gasteiger charge is -2.28. The Bertz CT molecular complexity index is 475. The predicted molar refractivity (Wildman–Crippen MR) is 84.6 cm³/mol. The fraction of sp³-hybridized carbons (Fsp3) is 0.600. The molecule has 0 fully saturated rings. The molecule has 0 aromatic heterocycles. The maximum Gasteiger partial charge on any atom is 0.292 e. The van der Waals surface area contributed by atoms with Gasteiger partial charge in [-0.25, -0.2) is 0 Å². The summed E-state index contributed by atoms with van der Waals surface area (Å²) in [5.74, 6) is 0.407. The van der Waals surface area contributed by atoms with E-state index >= 15 is 0 Å². The first-order valence-electron chi connectivity index (χ1n) is 7.13. The van der Waals surface area contributed by atoms with Crippen LogP contribution < -0.4 is 4.90 Å². The van der Waals surface area contributed by atoms with E-state index in [1.807, 2.05) is 19.0 Å². The molecule has 0 heterocycles. The Balaban J connectivity index is 3.12. The second-order valence-electron chi connectivity index (χ2n) is 5.88. The van der Waals surface area contributed by atoms with E-state index in [1.54, 1.807) is 12.1 Å². The van der Waals surface area contributed by atoms with Gasteiger partial charge in [0.25, 0.3) is 5.69 Å². The molecule has 0 bridgehead atoms. The number of nitrogens with zero attached hydrogens (tertiary/aromatic N) is 3. The van der Waals surface area contributed by atoms with Gasteiger partial charge in [0.15, 0.2) is 0 Å². The molecule has 0 saturated carbocycles. The van der Waals surface area contributed by atoms with E-state index in [-0.39, 0.29) is 17.2 Å². The van der Waals surface area contributed by atoms with E-state index in [1.165, 1.54) is 6.07 Å². The second-order valence-corrected chi connectivity index (χ2v) is 5.88. The SMILES string of the molecule is CC(C)CN(CCN(C)C)c1ccc(CO)cc1[N+](=O)[O-]. The first-order chi connectivity index (χ1) is 9.85. The van der Waals surface area contributed by atoms with Crippen molar-refractivity contribution in [3.05, 3.63) is 33.9 Å². The van der Waals surface area contributed by atoms with Gasteiger partial charge in [0, 0.05) is 25.7 Å². The normalized spacial score (nSPS) is 11.2. The number of aliphatic hydroxyl groups is 1. The van der Waals surface area contributed by atoms with Crippen LogP contribution >= 0.6 is 0 Å². The minimum Gasteiger partial charge on any atom is -0.392 e. The molecule has 0 aliphatic carbocycles. The Morgan fingerprint density at radius 2 is 1.95 bits per heavy atom. The van der Waals surface area contributed by atoms with Gasteiger partial charge in [0.05, 0.1) is 11.5 Å². The molecule has 0 saturated heterocycles. The standard InChI is InChI=1S/C15H25N3O3/c1-12(2)10-17(8-7-16(3)4)14-6-5-13(11-19)9-15(14)18(20)21/h5-6,9,12,19H,7-8,10-11H2,1-4H3. The van der Waals surface area contributed by atoms with Crippen LogP contribution in [0.3, 0.4) is 0 Å². The maximum atomic E-state index is 11.3. The average Bonchev–Trinajstić information content (AvgIpc) is 2.42. The number of anilines is 1. The molecule has 0 aliphatic heterocycles. The van der Waals surface area contributed by atoms with Crippen molar-refractivity contribution in [2.75, 3.05) is 38.6 Å².